The molecule has 1 rings (SSSR count). The Morgan fingerprint density at radius 1 is 1.43 bits per heavy atom. The number of nitrogens with zero attached hydrogens (tertiary/aromatic N) is 2. The minimum absolute atomic E-state index is 0.129. The zero-order valence-corrected chi connectivity index (χ0v) is 8.82. The average molecular weight is 223 g/mol. The molecule has 0 amide bonds. The van der Waals surface area contributed by atoms with Gasteiger partial charge in [-0.1, -0.05) is 19.8 Å². The summed E-state index contributed by atoms with van der Waals surface area (Å²) in [6, 6.07) is 0. The molecule has 5 heteroatoms. The lowest BCUT2D eigenvalue weighted by Crippen LogP contribution is -2.21. The lowest BCUT2D eigenvalue weighted by Gasteiger charge is -2.16. The van der Waals surface area contributed by atoms with Gasteiger partial charge in [-0.2, -0.15) is 4.39 Å². The molecule has 2 nitrogen and oxygen atoms in total. The highest BCUT2D eigenvalue weighted by atomic mass is 35.5. The van der Waals surface area contributed by atoms with E-state index in [1.54, 1.807) is 0 Å². The largest absolute Gasteiger partial charge is 0.246 e. The number of unbranched alkanes of at least 4 members (excludes halogenated alkanes) is 2. The summed E-state index contributed by atoms with van der Waals surface area (Å²) in [4.78, 5) is 0. The molecule has 0 bridgehead atoms. The lowest BCUT2D eigenvalue weighted by molar-refractivity contribution is 0.202. The molecule has 0 aromatic heterocycles. The minimum Gasteiger partial charge on any atom is -0.211 e. The van der Waals surface area contributed by atoms with E-state index in [1.165, 1.54) is 0 Å². The maximum Gasteiger partial charge on any atom is 0.246 e. The highest BCUT2D eigenvalue weighted by Crippen LogP contribution is 2.38. The van der Waals surface area contributed by atoms with Gasteiger partial charge in [-0.05, 0) is 6.42 Å². The van der Waals surface area contributed by atoms with Gasteiger partial charge in [-0.15, -0.1) is 21.8 Å². The zero-order valence-electron chi connectivity index (χ0n) is 8.06. The zero-order chi connectivity index (χ0) is 10.6. The second kappa shape index (κ2) is 4.82. The first-order valence-electron chi connectivity index (χ1n) is 4.71. The smallest absolute Gasteiger partial charge is 0.211 e. The Hall–Kier alpha value is -0.510. The molecule has 0 N–H and O–H groups in total. The van der Waals surface area contributed by atoms with Crippen molar-refractivity contribution in [2.24, 2.45) is 10.2 Å². The van der Waals surface area contributed by atoms with Crippen LogP contribution in [-0.2, 0) is 0 Å². The van der Waals surface area contributed by atoms with Crippen LogP contribution < -0.4 is 0 Å². The molecule has 0 spiro atoms. The van der Waals surface area contributed by atoms with Crippen LogP contribution in [0.1, 0.15) is 32.6 Å². The molecule has 0 unspecified atom stereocenters. The second-order valence-electron chi connectivity index (χ2n) is 3.32. The van der Waals surface area contributed by atoms with Crippen molar-refractivity contribution < 1.29 is 8.78 Å². The van der Waals surface area contributed by atoms with Gasteiger partial charge in [0, 0.05) is 6.42 Å². The van der Waals surface area contributed by atoms with Crippen molar-refractivity contribution in [2.45, 2.75) is 38.4 Å². The average Bonchev–Trinajstić information content (AvgIpc) is 2.43. The van der Waals surface area contributed by atoms with Crippen molar-refractivity contribution in [3.8, 4) is 0 Å². The number of rotatable bonds is 5. The van der Waals surface area contributed by atoms with Crippen molar-refractivity contribution in [1.82, 2.24) is 0 Å². The molecular weight excluding hydrogens is 210 g/mol. The van der Waals surface area contributed by atoms with Gasteiger partial charge in [0.2, 0.25) is 11.7 Å². The molecule has 0 radical (unpaired) electrons. The SMILES string of the molecule is CCCCC[C@@]1(F)N=NC(F)=C1CCl. The summed E-state index contributed by atoms with van der Waals surface area (Å²) >= 11 is 5.44. The van der Waals surface area contributed by atoms with Crippen LogP contribution in [0.25, 0.3) is 0 Å². The molecule has 1 atom stereocenters. The van der Waals surface area contributed by atoms with E-state index in [9.17, 15) is 8.78 Å². The number of hydrogen-bond acceptors (Lipinski definition) is 2. The van der Waals surface area contributed by atoms with Crippen molar-refractivity contribution in [3.63, 3.8) is 0 Å². The molecule has 14 heavy (non-hydrogen) atoms. The van der Waals surface area contributed by atoms with Gasteiger partial charge in [0.1, 0.15) is 0 Å². The van der Waals surface area contributed by atoms with Crippen molar-refractivity contribution in [3.05, 3.63) is 11.5 Å². The first-order valence-corrected chi connectivity index (χ1v) is 5.24. The number of alkyl halides is 2. The molecule has 0 aromatic carbocycles. The summed E-state index contributed by atoms with van der Waals surface area (Å²) in [6.07, 6.45) is 2.72. The van der Waals surface area contributed by atoms with Gasteiger partial charge in [0.15, 0.2) is 0 Å². The predicted molar refractivity (Wildman–Crippen MR) is 51.7 cm³/mol. The highest BCUT2D eigenvalue weighted by Gasteiger charge is 2.40. The van der Waals surface area contributed by atoms with E-state index in [2.05, 4.69) is 10.2 Å². The fraction of sp³-hybridized carbons (Fsp3) is 0.778. The van der Waals surface area contributed by atoms with Gasteiger partial charge in [-0.3, -0.25) is 0 Å². The minimum atomic E-state index is -1.99. The Balaban J connectivity index is 2.61. The number of halogens is 3. The van der Waals surface area contributed by atoms with Gasteiger partial charge >= 0.3 is 0 Å². The van der Waals surface area contributed by atoms with Crippen molar-refractivity contribution >= 4 is 11.6 Å². The Morgan fingerprint density at radius 3 is 2.71 bits per heavy atom. The summed E-state index contributed by atoms with van der Waals surface area (Å²) in [5.41, 5.74) is -0.129. The third-order valence-corrected chi connectivity index (χ3v) is 2.52. The first-order chi connectivity index (χ1) is 6.64. The second-order valence-corrected chi connectivity index (χ2v) is 3.59. The fourth-order valence-corrected chi connectivity index (χ4v) is 1.68. The van der Waals surface area contributed by atoms with E-state index >= 15 is 0 Å². The maximum absolute atomic E-state index is 13.9. The van der Waals surface area contributed by atoms with E-state index in [-0.39, 0.29) is 17.9 Å². The van der Waals surface area contributed by atoms with Crippen LogP contribution >= 0.6 is 11.6 Å². The van der Waals surface area contributed by atoms with Crippen LogP contribution in [-0.4, -0.2) is 11.7 Å². The summed E-state index contributed by atoms with van der Waals surface area (Å²) in [5.74, 6) is -3.04. The van der Waals surface area contributed by atoms with Crippen LogP contribution in [0.3, 0.4) is 0 Å². The third kappa shape index (κ3) is 2.29. The molecule has 0 fully saturated rings. The summed E-state index contributed by atoms with van der Waals surface area (Å²) in [5, 5.41) is 6.40. The Bertz CT molecular complexity index is 266. The van der Waals surface area contributed by atoms with Gasteiger partial charge in [0.25, 0.3) is 0 Å². The molecule has 0 aliphatic carbocycles. The topological polar surface area (TPSA) is 24.7 Å². The predicted octanol–water partition coefficient (Wildman–Crippen LogP) is 4.12. The fourth-order valence-electron chi connectivity index (χ4n) is 1.37. The van der Waals surface area contributed by atoms with Crippen LogP contribution in [0.2, 0.25) is 0 Å². The molecule has 1 heterocycles. The van der Waals surface area contributed by atoms with Crippen LogP contribution in [0.5, 0.6) is 0 Å². The maximum atomic E-state index is 13.9. The standard InChI is InChI=1S/C9H13ClF2N2/c1-2-3-4-5-9(12)7(6-10)8(11)13-14-9/h2-6H2,1H3/t9-/m1/s1. The first kappa shape index (κ1) is 11.6. The molecule has 0 aromatic rings. The van der Waals surface area contributed by atoms with Crippen LogP contribution in [0.4, 0.5) is 8.78 Å². The summed E-state index contributed by atoms with van der Waals surface area (Å²) < 4.78 is 26.8. The van der Waals surface area contributed by atoms with Crippen LogP contribution in [0, 0.1) is 0 Å². The number of hydrogen-bond donors (Lipinski definition) is 0. The quantitative estimate of drug-likeness (QED) is 0.380. The van der Waals surface area contributed by atoms with E-state index < -0.39 is 11.7 Å². The van der Waals surface area contributed by atoms with Crippen LogP contribution in [0.15, 0.2) is 21.8 Å². The number of azo groups is 1. The van der Waals surface area contributed by atoms with E-state index in [4.69, 9.17) is 11.6 Å². The lowest BCUT2D eigenvalue weighted by atomic mass is 10.0. The molecule has 1 aliphatic rings. The van der Waals surface area contributed by atoms with Gasteiger partial charge in [-0.25, -0.2) is 4.39 Å². The van der Waals surface area contributed by atoms with E-state index in [1.807, 2.05) is 6.92 Å². The highest BCUT2D eigenvalue weighted by molar-refractivity contribution is 6.19. The molecule has 0 saturated carbocycles. The third-order valence-electron chi connectivity index (χ3n) is 2.25. The van der Waals surface area contributed by atoms with Gasteiger partial charge in [0.05, 0.1) is 11.5 Å². The van der Waals surface area contributed by atoms with E-state index in [0.29, 0.717) is 6.42 Å². The van der Waals surface area contributed by atoms with Gasteiger partial charge < -0.3 is 0 Å². The Labute approximate surface area is 87.0 Å². The molecule has 80 valence electrons. The van der Waals surface area contributed by atoms with Crippen molar-refractivity contribution in [2.75, 3.05) is 5.88 Å². The summed E-state index contributed by atoms with van der Waals surface area (Å²) in [7, 11) is 0. The normalized spacial score (nSPS) is 26.3. The van der Waals surface area contributed by atoms with Crippen molar-refractivity contribution in [1.29, 1.82) is 0 Å². The molecule has 1 aliphatic heterocycles. The Morgan fingerprint density at radius 2 is 2.14 bits per heavy atom. The monoisotopic (exact) mass is 222 g/mol. The van der Waals surface area contributed by atoms with E-state index in [0.717, 1.165) is 12.8 Å². The Kier molecular flexibility index (Phi) is 3.98. The molecule has 0 saturated heterocycles. The summed E-state index contributed by atoms with van der Waals surface area (Å²) in [6.45, 7) is 2.01. The molecular formula is C9H13ClF2N2.